The second-order valence-corrected chi connectivity index (χ2v) is 7.40. The van der Waals surface area contributed by atoms with Crippen molar-refractivity contribution in [3.63, 3.8) is 0 Å². The van der Waals surface area contributed by atoms with Crippen LogP contribution in [0.2, 0.25) is 0 Å². The Morgan fingerprint density at radius 1 is 1.33 bits per heavy atom. The lowest BCUT2D eigenvalue weighted by molar-refractivity contribution is -0.137. The van der Waals surface area contributed by atoms with Gasteiger partial charge in [-0.15, -0.1) is 0 Å². The molecule has 0 saturated carbocycles. The minimum Gasteiger partial charge on any atom is -0.355 e. The molecule has 5 heteroatoms. The minimum atomic E-state index is -0.367. The van der Waals surface area contributed by atoms with Crippen LogP contribution < -0.4 is 11.1 Å². The van der Waals surface area contributed by atoms with Crippen molar-refractivity contribution in [3.8, 4) is 0 Å². The summed E-state index contributed by atoms with van der Waals surface area (Å²) < 4.78 is 0. The van der Waals surface area contributed by atoms with Crippen LogP contribution >= 0.6 is 0 Å². The summed E-state index contributed by atoms with van der Waals surface area (Å²) in [5, 5.41) is 3.00. The van der Waals surface area contributed by atoms with Crippen molar-refractivity contribution in [2.75, 3.05) is 19.6 Å². The molecule has 1 aliphatic rings. The zero-order chi connectivity index (χ0) is 16.2. The maximum Gasteiger partial charge on any atom is 0.226 e. The van der Waals surface area contributed by atoms with Gasteiger partial charge in [-0.2, -0.15) is 0 Å². The molecule has 3 N–H and O–H groups in total. The van der Waals surface area contributed by atoms with Crippen LogP contribution in [0.1, 0.15) is 47.5 Å². The maximum absolute atomic E-state index is 12.3. The van der Waals surface area contributed by atoms with E-state index >= 15 is 0 Å². The number of carbonyl (C=O) groups is 2. The van der Waals surface area contributed by atoms with Crippen LogP contribution in [0.25, 0.3) is 0 Å². The number of nitrogens with zero attached hydrogens (tertiary/aromatic N) is 1. The number of rotatable bonds is 4. The fourth-order valence-corrected chi connectivity index (χ4v) is 2.45. The van der Waals surface area contributed by atoms with Crippen molar-refractivity contribution in [1.29, 1.82) is 0 Å². The van der Waals surface area contributed by atoms with Gasteiger partial charge in [0.25, 0.3) is 0 Å². The number of piperidine rings is 1. The van der Waals surface area contributed by atoms with E-state index in [1.807, 2.05) is 39.5 Å². The van der Waals surface area contributed by atoms with E-state index in [1.165, 1.54) is 0 Å². The molecule has 0 aromatic carbocycles. The van der Waals surface area contributed by atoms with E-state index in [0.717, 1.165) is 25.9 Å². The number of nitrogens with one attached hydrogen (secondary N) is 1. The summed E-state index contributed by atoms with van der Waals surface area (Å²) >= 11 is 0. The lowest BCUT2D eigenvalue weighted by Crippen LogP contribution is -2.48. The Morgan fingerprint density at radius 2 is 1.95 bits per heavy atom. The predicted molar refractivity (Wildman–Crippen MR) is 84.6 cm³/mol. The van der Waals surface area contributed by atoms with E-state index < -0.39 is 0 Å². The Bertz CT molecular complexity index is 374. The van der Waals surface area contributed by atoms with Crippen molar-refractivity contribution in [1.82, 2.24) is 10.2 Å². The summed E-state index contributed by atoms with van der Waals surface area (Å²) in [6.07, 6.45) is 2.05. The number of hydrogen-bond acceptors (Lipinski definition) is 3. The van der Waals surface area contributed by atoms with Gasteiger partial charge in [0, 0.05) is 31.1 Å². The SMILES string of the molecule is CC(N)C(C)C(=O)N1CCCC(CNC(=O)C(C)(C)C)C1. The van der Waals surface area contributed by atoms with E-state index in [0.29, 0.717) is 12.5 Å². The monoisotopic (exact) mass is 297 g/mol. The molecule has 3 atom stereocenters. The zero-order valence-corrected chi connectivity index (χ0v) is 14.1. The average molecular weight is 297 g/mol. The molecular weight excluding hydrogens is 266 g/mol. The molecule has 122 valence electrons. The molecule has 21 heavy (non-hydrogen) atoms. The van der Waals surface area contributed by atoms with Gasteiger partial charge in [-0.1, -0.05) is 27.7 Å². The normalized spacial score (nSPS) is 22.6. The van der Waals surface area contributed by atoms with Gasteiger partial charge < -0.3 is 16.0 Å². The Hall–Kier alpha value is -1.10. The maximum atomic E-state index is 12.3. The average Bonchev–Trinajstić information content (AvgIpc) is 2.42. The molecule has 0 radical (unpaired) electrons. The highest BCUT2D eigenvalue weighted by molar-refractivity contribution is 5.81. The number of amides is 2. The quantitative estimate of drug-likeness (QED) is 0.823. The van der Waals surface area contributed by atoms with Crippen LogP contribution in [0.15, 0.2) is 0 Å². The molecule has 0 aromatic rings. The fraction of sp³-hybridized carbons (Fsp3) is 0.875. The summed E-state index contributed by atoms with van der Waals surface area (Å²) in [5.41, 5.74) is 5.45. The smallest absolute Gasteiger partial charge is 0.226 e. The third kappa shape index (κ3) is 5.30. The van der Waals surface area contributed by atoms with Crippen molar-refractivity contribution in [2.24, 2.45) is 23.0 Å². The van der Waals surface area contributed by atoms with Crippen LogP contribution in [0.3, 0.4) is 0 Å². The molecule has 3 unspecified atom stereocenters. The molecule has 5 nitrogen and oxygen atoms in total. The molecule has 2 amide bonds. The molecule has 0 spiro atoms. The number of likely N-dealkylation sites (tertiary alicyclic amines) is 1. The summed E-state index contributed by atoms with van der Waals surface area (Å²) in [5.74, 6) is 0.397. The van der Waals surface area contributed by atoms with Gasteiger partial charge in [0.1, 0.15) is 0 Å². The van der Waals surface area contributed by atoms with Gasteiger partial charge in [0.2, 0.25) is 11.8 Å². The first-order valence-electron chi connectivity index (χ1n) is 7.95. The van der Waals surface area contributed by atoms with Gasteiger partial charge in [0.05, 0.1) is 5.92 Å². The van der Waals surface area contributed by atoms with Gasteiger partial charge in [-0.05, 0) is 25.7 Å². The molecule has 1 heterocycles. The second-order valence-electron chi connectivity index (χ2n) is 7.40. The Balaban J connectivity index is 2.49. The molecule has 1 saturated heterocycles. The fourth-order valence-electron chi connectivity index (χ4n) is 2.45. The van der Waals surface area contributed by atoms with Crippen molar-refractivity contribution in [2.45, 2.75) is 53.5 Å². The summed E-state index contributed by atoms with van der Waals surface area (Å²) in [6.45, 7) is 11.6. The van der Waals surface area contributed by atoms with E-state index in [9.17, 15) is 9.59 Å². The molecule has 1 aliphatic heterocycles. The second kappa shape index (κ2) is 7.25. The zero-order valence-electron chi connectivity index (χ0n) is 14.1. The first-order chi connectivity index (χ1) is 9.62. The number of hydrogen-bond donors (Lipinski definition) is 2. The number of carbonyl (C=O) groups excluding carboxylic acids is 2. The van der Waals surface area contributed by atoms with Gasteiger partial charge in [-0.3, -0.25) is 9.59 Å². The van der Waals surface area contributed by atoms with Crippen LogP contribution in [0.4, 0.5) is 0 Å². The van der Waals surface area contributed by atoms with E-state index in [-0.39, 0.29) is 29.2 Å². The van der Waals surface area contributed by atoms with Crippen LogP contribution in [0.5, 0.6) is 0 Å². The largest absolute Gasteiger partial charge is 0.355 e. The van der Waals surface area contributed by atoms with Gasteiger partial charge in [0.15, 0.2) is 0 Å². The summed E-state index contributed by atoms with van der Waals surface area (Å²) in [7, 11) is 0. The third-order valence-corrected chi connectivity index (χ3v) is 4.24. The van der Waals surface area contributed by atoms with Crippen molar-refractivity contribution < 1.29 is 9.59 Å². The summed E-state index contributed by atoms with van der Waals surface area (Å²) in [4.78, 5) is 26.2. The van der Waals surface area contributed by atoms with Gasteiger partial charge in [-0.25, -0.2) is 0 Å². The van der Waals surface area contributed by atoms with E-state index in [2.05, 4.69) is 5.32 Å². The first kappa shape index (κ1) is 18.0. The molecule has 0 bridgehead atoms. The minimum absolute atomic E-state index is 0.0647. The highest BCUT2D eigenvalue weighted by atomic mass is 16.2. The molecule has 1 fully saturated rings. The lowest BCUT2D eigenvalue weighted by atomic mass is 9.93. The summed E-state index contributed by atoms with van der Waals surface area (Å²) in [6, 6.07) is -0.126. The Kier molecular flexibility index (Phi) is 6.20. The molecular formula is C16H31N3O2. The van der Waals surface area contributed by atoms with Crippen LogP contribution in [-0.4, -0.2) is 42.4 Å². The standard InChI is InChI=1S/C16H31N3O2/c1-11(12(2)17)14(20)19-8-6-7-13(10-19)9-18-15(21)16(3,4)5/h11-13H,6-10,17H2,1-5H3,(H,18,21). The van der Waals surface area contributed by atoms with Gasteiger partial charge >= 0.3 is 0 Å². The molecule has 0 aromatic heterocycles. The predicted octanol–water partition coefficient (Wildman–Crippen LogP) is 1.37. The van der Waals surface area contributed by atoms with E-state index in [4.69, 9.17) is 5.73 Å². The topological polar surface area (TPSA) is 75.4 Å². The highest BCUT2D eigenvalue weighted by Gasteiger charge is 2.29. The van der Waals surface area contributed by atoms with E-state index in [1.54, 1.807) is 0 Å². The Morgan fingerprint density at radius 3 is 2.48 bits per heavy atom. The first-order valence-corrected chi connectivity index (χ1v) is 7.95. The molecule has 1 rings (SSSR count). The lowest BCUT2D eigenvalue weighted by Gasteiger charge is -2.35. The third-order valence-electron chi connectivity index (χ3n) is 4.24. The van der Waals surface area contributed by atoms with Crippen LogP contribution in [0, 0.1) is 17.3 Å². The van der Waals surface area contributed by atoms with Crippen molar-refractivity contribution in [3.05, 3.63) is 0 Å². The Labute approximate surface area is 128 Å². The van der Waals surface area contributed by atoms with Crippen LogP contribution in [-0.2, 0) is 9.59 Å². The highest BCUT2D eigenvalue weighted by Crippen LogP contribution is 2.19. The number of nitrogens with two attached hydrogens (primary N) is 1. The molecule has 0 aliphatic carbocycles. The van der Waals surface area contributed by atoms with Crippen molar-refractivity contribution >= 4 is 11.8 Å².